The van der Waals surface area contributed by atoms with Gasteiger partial charge in [-0.05, 0) is 50.4 Å². The second kappa shape index (κ2) is 6.92. The lowest BCUT2D eigenvalue weighted by Gasteiger charge is -2.17. The minimum Gasteiger partial charge on any atom is -0.344 e. The van der Waals surface area contributed by atoms with Crippen LogP contribution in [0.25, 0.3) is 0 Å². The van der Waals surface area contributed by atoms with Crippen LogP contribution in [-0.4, -0.2) is 37.5 Å². The summed E-state index contributed by atoms with van der Waals surface area (Å²) in [6, 6.07) is 9.26. The van der Waals surface area contributed by atoms with Gasteiger partial charge in [-0.15, -0.1) is 0 Å². The number of para-hydroxylation sites is 1. The summed E-state index contributed by atoms with van der Waals surface area (Å²) < 4.78 is 0. The highest BCUT2D eigenvalue weighted by molar-refractivity contribution is 6.01. The van der Waals surface area contributed by atoms with E-state index < -0.39 is 0 Å². The highest BCUT2D eigenvalue weighted by atomic mass is 16.2. The molecule has 22 heavy (non-hydrogen) atoms. The first-order valence-electron chi connectivity index (χ1n) is 8.10. The van der Waals surface area contributed by atoms with Gasteiger partial charge in [-0.3, -0.25) is 9.59 Å². The van der Waals surface area contributed by atoms with E-state index >= 15 is 0 Å². The molecule has 0 saturated carbocycles. The van der Waals surface area contributed by atoms with E-state index in [9.17, 15) is 9.59 Å². The molecule has 0 bridgehead atoms. The van der Waals surface area contributed by atoms with Crippen molar-refractivity contribution >= 4 is 17.5 Å². The highest BCUT2D eigenvalue weighted by Crippen LogP contribution is 2.21. The minimum atomic E-state index is -0.366. The molecule has 2 saturated heterocycles. The Hall–Kier alpha value is -1.88. The molecule has 5 heteroatoms. The maximum absolute atomic E-state index is 12.4. The molecular formula is C17H23N3O2. The van der Waals surface area contributed by atoms with Crippen molar-refractivity contribution in [3.8, 4) is 0 Å². The SMILES string of the molecule is O=C(CCC1CCNC1)NC1CCN(c2ccccc2)C1=O. The van der Waals surface area contributed by atoms with Crippen LogP contribution in [0, 0.1) is 5.92 Å². The molecule has 2 aliphatic rings. The fraction of sp³-hybridized carbons (Fsp3) is 0.529. The van der Waals surface area contributed by atoms with Crippen LogP contribution < -0.4 is 15.5 Å². The summed E-state index contributed by atoms with van der Waals surface area (Å²) in [6.45, 7) is 2.73. The summed E-state index contributed by atoms with van der Waals surface area (Å²) >= 11 is 0. The van der Waals surface area contributed by atoms with Gasteiger partial charge in [0.2, 0.25) is 11.8 Å². The van der Waals surface area contributed by atoms with Gasteiger partial charge in [0.1, 0.15) is 6.04 Å². The Morgan fingerprint density at radius 2 is 2.09 bits per heavy atom. The molecule has 2 N–H and O–H groups in total. The van der Waals surface area contributed by atoms with E-state index in [1.54, 1.807) is 4.90 Å². The van der Waals surface area contributed by atoms with Gasteiger partial charge >= 0.3 is 0 Å². The molecule has 0 aromatic heterocycles. The van der Waals surface area contributed by atoms with E-state index in [0.29, 0.717) is 25.3 Å². The average molecular weight is 301 g/mol. The number of carbonyl (C=O) groups is 2. The van der Waals surface area contributed by atoms with Crippen molar-refractivity contribution in [1.82, 2.24) is 10.6 Å². The van der Waals surface area contributed by atoms with E-state index in [0.717, 1.165) is 31.6 Å². The van der Waals surface area contributed by atoms with Gasteiger partial charge in [-0.2, -0.15) is 0 Å². The Bertz CT molecular complexity index is 526. The molecule has 2 amide bonds. The van der Waals surface area contributed by atoms with Crippen LogP contribution in [0.1, 0.15) is 25.7 Å². The minimum absolute atomic E-state index is 0.000150. The fourth-order valence-electron chi connectivity index (χ4n) is 3.24. The Morgan fingerprint density at radius 1 is 1.27 bits per heavy atom. The molecular weight excluding hydrogens is 278 g/mol. The van der Waals surface area contributed by atoms with Crippen LogP contribution >= 0.6 is 0 Å². The van der Waals surface area contributed by atoms with Crippen molar-refractivity contribution in [1.29, 1.82) is 0 Å². The third-order valence-electron chi connectivity index (χ3n) is 4.55. The summed E-state index contributed by atoms with van der Waals surface area (Å²) in [5.41, 5.74) is 0.904. The molecule has 118 valence electrons. The molecule has 2 heterocycles. The van der Waals surface area contributed by atoms with Gasteiger partial charge in [0.05, 0.1) is 0 Å². The predicted molar refractivity (Wildman–Crippen MR) is 85.6 cm³/mol. The predicted octanol–water partition coefficient (Wildman–Crippen LogP) is 1.30. The molecule has 0 radical (unpaired) electrons. The van der Waals surface area contributed by atoms with Crippen LogP contribution in [0.2, 0.25) is 0 Å². The van der Waals surface area contributed by atoms with Crippen LogP contribution in [0.5, 0.6) is 0 Å². The molecule has 2 atom stereocenters. The molecule has 2 unspecified atom stereocenters. The normalized spacial score (nSPS) is 24.7. The first-order chi connectivity index (χ1) is 10.7. The third kappa shape index (κ3) is 3.47. The lowest BCUT2D eigenvalue weighted by Crippen LogP contribution is -2.41. The van der Waals surface area contributed by atoms with Crippen LogP contribution in [0.3, 0.4) is 0 Å². The van der Waals surface area contributed by atoms with Gasteiger partial charge in [0, 0.05) is 18.7 Å². The molecule has 1 aromatic carbocycles. The Labute approximate surface area is 131 Å². The number of nitrogens with one attached hydrogen (secondary N) is 2. The fourth-order valence-corrected chi connectivity index (χ4v) is 3.24. The smallest absolute Gasteiger partial charge is 0.249 e. The van der Waals surface area contributed by atoms with E-state index in [2.05, 4.69) is 10.6 Å². The van der Waals surface area contributed by atoms with Crippen molar-refractivity contribution in [3.63, 3.8) is 0 Å². The Balaban J connectivity index is 1.49. The Morgan fingerprint density at radius 3 is 2.82 bits per heavy atom. The maximum Gasteiger partial charge on any atom is 0.249 e. The first kappa shape index (κ1) is 15.0. The van der Waals surface area contributed by atoms with Crippen LogP contribution in [-0.2, 0) is 9.59 Å². The number of hydrogen-bond acceptors (Lipinski definition) is 3. The van der Waals surface area contributed by atoms with E-state index in [4.69, 9.17) is 0 Å². The molecule has 2 aliphatic heterocycles. The van der Waals surface area contributed by atoms with Crippen LogP contribution in [0.4, 0.5) is 5.69 Å². The number of amides is 2. The molecule has 0 spiro atoms. The van der Waals surface area contributed by atoms with E-state index in [-0.39, 0.29) is 17.9 Å². The molecule has 3 rings (SSSR count). The number of rotatable bonds is 5. The summed E-state index contributed by atoms with van der Waals surface area (Å²) in [6.07, 6.45) is 3.26. The van der Waals surface area contributed by atoms with E-state index in [1.807, 2.05) is 30.3 Å². The summed E-state index contributed by atoms with van der Waals surface area (Å²) in [4.78, 5) is 26.2. The number of anilines is 1. The third-order valence-corrected chi connectivity index (χ3v) is 4.55. The molecule has 2 fully saturated rings. The monoisotopic (exact) mass is 301 g/mol. The number of carbonyl (C=O) groups excluding carboxylic acids is 2. The van der Waals surface area contributed by atoms with Crippen molar-refractivity contribution in [2.75, 3.05) is 24.5 Å². The first-order valence-corrected chi connectivity index (χ1v) is 8.10. The van der Waals surface area contributed by atoms with Gasteiger partial charge < -0.3 is 15.5 Å². The van der Waals surface area contributed by atoms with Gasteiger partial charge in [0.15, 0.2) is 0 Å². The van der Waals surface area contributed by atoms with Gasteiger partial charge in [-0.25, -0.2) is 0 Å². The van der Waals surface area contributed by atoms with Crippen LogP contribution in [0.15, 0.2) is 30.3 Å². The maximum atomic E-state index is 12.4. The van der Waals surface area contributed by atoms with Crippen molar-refractivity contribution in [3.05, 3.63) is 30.3 Å². The molecule has 5 nitrogen and oxygen atoms in total. The average Bonchev–Trinajstić information content (AvgIpc) is 3.17. The lowest BCUT2D eigenvalue weighted by atomic mass is 10.0. The zero-order chi connectivity index (χ0) is 15.4. The second-order valence-electron chi connectivity index (χ2n) is 6.13. The van der Waals surface area contributed by atoms with Crippen molar-refractivity contribution in [2.24, 2.45) is 5.92 Å². The lowest BCUT2D eigenvalue weighted by molar-refractivity contribution is -0.126. The highest BCUT2D eigenvalue weighted by Gasteiger charge is 2.33. The number of benzene rings is 1. The largest absolute Gasteiger partial charge is 0.344 e. The van der Waals surface area contributed by atoms with Crippen molar-refractivity contribution in [2.45, 2.75) is 31.7 Å². The van der Waals surface area contributed by atoms with Gasteiger partial charge in [0.25, 0.3) is 0 Å². The summed E-state index contributed by atoms with van der Waals surface area (Å²) in [5.74, 6) is 0.605. The second-order valence-corrected chi connectivity index (χ2v) is 6.13. The zero-order valence-corrected chi connectivity index (χ0v) is 12.8. The zero-order valence-electron chi connectivity index (χ0n) is 12.8. The number of hydrogen-bond donors (Lipinski definition) is 2. The molecule has 0 aliphatic carbocycles. The summed E-state index contributed by atoms with van der Waals surface area (Å²) in [7, 11) is 0. The Kier molecular flexibility index (Phi) is 4.73. The standard InChI is InChI=1S/C17H23N3O2/c21-16(7-6-13-8-10-18-12-13)19-15-9-11-20(17(15)22)14-4-2-1-3-5-14/h1-5,13,15,18H,6-12H2,(H,19,21). The number of nitrogens with zero attached hydrogens (tertiary/aromatic N) is 1. The van der Waals surface area contributed by atoms with Gasteiger partial charge in [-0.1, -0.05) is 18.2 Å². The topological polar surface area (TPSA) is 61.4 Å². The summed E-state index contributed by atoms with van der Waals surface area (Å²) in [5, 5.41) is 6.21. The molecule has 1 aromatic rings. The van der Waals surface area contributed by atoms with Crippen molar-refractivity contribution < 1.29 is 9.59 Å². The quantitative estimate of drug-likeness (QED) is 0.862. The van der Waals surface area contributed by atoms with E-state index in [1.165, 1.54) is 0 Å².